The molecule has 25 heavy (non-hydrogen) atoms. The van der Waals surface area contributed by atoms with Crippen LogP contribution in [0.15, 0.2) is 48.5 Å². The van der Waals surface area contributed by atoms with Gasteiger partial charge in [0.25, 0.3) is 0 Å². The second kappa shape index (κ2) is 8.86. The van der Waals surface area contributed by atoms with E-state index in [-0.39, 0.29) is 6.03 Å². The number of urea groups is 1. The van der Waals surface area contributed by atoms with Crippen LogP contribution in [-0.2, 0) is 6.54 Å². The number of nitriles is 1. The van der Waals surface area contributed by atoms with Gasteiger partial charge >= 0.3 is 6.03 Å². The summed E-state index contributed by atoms with van der Waals surface area (Å²) in [5, 5.41) is 11.8. The minimum absolute atomic E-state index is 0.130. The van der Waals surface area contributed by atoms with Crippen molar-refractivity contribution in [1.29, 1.82) is 5.26 Å². The summed E-state index contributed by atoms with van der Waals surface area (Å²) in [6.07, 6.45) is 0. The van der Waals surface area contributed by atoms with Crippen molar-refractivity contribution < 1.29 is 4.79 Å². The zero-order chi connectivity index (χ0) is 18.2. The monoisotopic (exact) mass is 336 g/mol. The lowest BCUT2D eigenvalue weighted by atomic mass is 10.1. The van der Waals surface area contributed by atoms with Gasteiger partial charge in [-0.05, 0) is 50.8 Å². The van der Waals surface area contributed by atoms with Gasteiger partial charge in [-0.15, -0.1) is 0 Å². The molecule has 0 aromatic heterocycles. The van der Waals surface area contributed by atoms with Crippen LogP contribution in [0.2, 0.25) is 0 Å². The Labute approximate surface area is 149 Å². The van der Waals surface area contributed by atoms with Crippen molar-refractivity contribution in [1.82, 2.24) is 9.80 Å². The summed E-state index contributed by atoms with van der Waals surface area (Å²) in [6.45, 7) is 3.90. The van der Waals surface area contributed by atoms with Gasteiger partial charge < -0.3 is 15.1 Å². The summed E-state index contributed by atoms with van der Waals surface area (Å²) < 4.78 is 0. The van der Waals surface area contributed by atoms with E-state index in [0.29, 0.717) is 18.7 Å². The molecule has 0 saturated carbocycles. The van der Waals surface area contributed by atoms with Gasteiger partial charge in [0.1, 0.15) is 0 Å². The number of benzene rings is 2. The maximum atomic E-state index is 12.7. The third-order valence-electron chi connectivity index (χ3n) is 3.86. The van der Waals surface area contributed by atoms with Crippen LogP contribution in [0.4, 0.5) is 10.5 Å². The number of aryl methyl sites for hydroxylation is 1. The van der Waals surface area contributed by atoms with Crippen molar-refractivity contribution in [2.24, 2.45) is 0 Å². The quantitative estimate of drug-likeness (QED) is 0.879. The largest absolute Gasteiger partial charge is 0.322 e. The second-order valence-corrected chi connectivity index (χ2v) is 6.33. The van der Waals surface area contributed by atoms with E-state index in [9.17, 15) is 4.79 Å². The molecule has 0 bridgehead atoms. The number of nitrogens with zero attached hydrogens (tertiary/aromatic N) is 3. The van der Waals surface area contributed by atoms with Crippen LogP contribution in [0.5, 0.6) is 0 Å². The molecule has 0 unspecified atom stereocenters. The minimum atomic E-state index is -0.130. The zero-order valence-electron chi connectivity index (χ0n) is 15.0. The number of likely N-dealkylation sites (N-methyl/N-ethyl adjacent to an activating group) is 1. The molecule has 2 aromatic carbocycles. The molecular formula is C20H24N4O. The summed E-state index contributed by atoms with van der Waals surface area (Å²) in [6, 6.07) is 17.1. The van der Waals surface area contributed by atoms with Crippen LogP contribution in [-0.4, -0.2) is 43.0 Å². The van der Waals surface area contributed by atoms with Gasteiger partial charge in [-0.1, -0.05) is 29.8 Å². The van der Waals surface area contributed by atoms with E-state index in [1.54, 1.807) is 17.0 Å². The number of rotatable bonds is 6. The third kappa shape index (κ3) is 5.94. The fraction of sp³-hybridized carbons (Fsp3) is 0.300. The van der Waals surface area contributed by atoms with Crippen LogP contribution in [0.1, 0.15) is 16.7 Å². The Balaban J connectivity index is 2.08. The van der Waals surface area contributed by atoms with E-state index in [2.05, 4.69) is 11.4 Å². The van der Waals surface area contributed by atoms with E-state index in [1.165, 1.54) is 0 Å². The first kappa shape index (κ1) is 18.5. The summed E-state index contributed by atoms with van der Waals surface area (Å²) >= 11 is 0. The van der Waals surface area contributed by atoms with Crippen molar-refractivity contribution in [2.45, 2.75) is 13.5 Å². The minimum Gasteiger partial charge on any atom is -0.319 e. The molecule has 5 heteroatoms. The molecule has 0 spiro atoms. The average molecular weight is 336 g/mol. The predicted molar refractivity (Wildman–Crippen MR) is 100 cm³/mol. The van der Waals surface area contributed by atoms with Crippen LogP contribution in [0, 0.1) is 18.3 Å². The van der Waals surface area contributed by atoms with Crippen molar-refractivity contribution in [3.8, 4) is 6.07 Å². The summed E-state index contributed by atoms with van der Waals surface area (Å²) in [5.41, 5.74) is 3.55. The highest BCUT2D eigenvalue weighted by Gasteiger charge is 2.14. The number of hydrogen-bond acceptors (Lipinski definition) is 3. The highest BCUT2D eigenvalue weighted by Crippen LogP contribution is 2.12. The molecular weight excluding hydrogens is 312 g/mol. The Morgan fingerprint density at radius 2 is 1.68 bits per heavy atom. The number of anilines is 1. The molecule has 5 nitrogen and oxygen atoms in total. The zero-order valence-corrected chi connectivity index (χ0v) is 15.0. The standard InChI is InChI=1S/C20H24N4O/c1-16-4-10-19(11-5-16)22-20(25)24(13-12-23(2)3)15-18-8-6-17(14-21)7-9-18/h4-11H,12-13,15H2,1-3H3,(H,22,25). The van der Waals surface area contributed by atoms with Crippen molar-refractivity contribution >= 4 is 11.7 Å². The summed E-state index contributed by atoms with van der Waals surface area (Å²) in [4.78, 5) is 16.5. The average Bonchev–Trinajstić information content (AvgIpc) is 2.60. The molecule has 0 aliphatic heterocycles. The van der Waals surface area contributed by atoms with Gasteiger partial charge in [0, 0.05) is 25.3 Å². The number of carbonyl (C=O) groups is 1. The molecule has 0 fully saturated rings. The molecule has 2 amide bonds. The fourth-order valence-electron chi connectivity index (χ4n) is 2.32. The molecule has 2 rings (SSSR count). The Bertz CT molecular complexity index is 730. The maximum absolute atomic E-state index is 12.7. The van der Waals surface area contributed by atoms with E-state index in [1.807, 2.05) is 62.3 Å². The van der Waals surface area contributed by atoms with Crippen molar-refractivity contribution in [3.05, 3.63) is 65.2 Å². The van der Waals surface area contributed by atoms with Crippen LogP contribution in [0.25, 0.3) is 0 Å². The van der Waals surface area contributed by atoms with E-state index < -0.39 is 0 Å². The van der Waals surface area contributed by atoms with Crippen molar-refractivity contribution in [2.75, 3.05) is 32.5 Å². The Kier molecular flexibility index (Phi) is 6.55. The second-order valence-electron chi connectivity index (χ2n) is 6.33. The first-order chi connectivity index (χ1) is 12.0. The van der Waals surface area contributed by atoms with Gasteiger partial charge in [-0.2, -0.15) is 5.26 Å². The lowest BCUT2D eigenvalue weighted by molar-refractivity contribution is 0.202. The molecule has 2 aromatic rings. The molecule has 1 N–H and O–H groups in total. The topological polar surface area (TPSA) is 59.4 Å². The van der Waals surface area contributed by atoms with E-state index >= 15 is 0 Å². The predicted octanol–water partition coefficient (Wildman–Crippen LogP) is 3.46. The lowest BCUT2D eigenvalue weighted by Gasteiger charge is -2.25. The smallest absolute Gasteiger partial charge is 0.319 e. The van der Waals surface area contributed by atoms with Gasteiger partial charge in [0.15, 0.2) is 0 Å². The van der Waals surface area contributed by atoms with Crippen molar-refractivity contribution in [3.63, 3.8) is 0 Å². The van der Waals surface area contributed by atoms with Gasteiger partial charge in [-0.25, -0.2) is 4.79 Å². The lowest BCUT2D eigenvalue weighted by Crippen LogP contribution is -2.39. The molecule has 130 valence electrons. The van der Waals surface area contributed by atoms with Crippen LogP contribution < -0.4 is 5.32 Å². The van der Waals surface area contributed by atoms with Gasteiger partial charge in [0.2, 0.25) is 0 Å². The fourth-order valence-corrected chi connectivity index (χ4v) is 2.32. The first-order valence-corrected chi connectivity index (χ1v) is 8.24. The molecule has 0 saturated heterocycles. The van der Waals surface area contributed by atoms with Crippen LogP contribution >= 0.6 is 0 Å². The van der Waals surface area contributed by atoms with E-state index in [0.717, 1.165) is 23.4 Å². The molecule has 0 aliphatic carbocycles. The highest BCUT2D eigenvalue weighted by molar-refractivity contribution is 5.89. The summed E-state index contributed by atoms with van der Waals surface area (Å²) in [5.74, 6) is 0. The molecule has 0 heterocycles. The Hall–Kier alpha value is -2.84. The number of amides is 2. The number of hydrogen-bond donors (Lipinski definition) is 1. The number of nitrogens with one attached hydrogen (secondary N) is 1. The molecule has 0 atom stereocenters. The summed E-state index contributed by atoms with van der Waals surface area (Å²) in [7, 11) is 3.97. The molecule has 0 aliphatic rings. The maximum Gasteiger partial charge on any atom is 0.322 e. The Morgan fingerprint density at radius 1 is 1.04 bits per heavy atom. The normalized spacial score (nSPS) is 10.4. The van der Waals surface area contributed by atoms with Gasteiger partial charge in [-0.3, -0.25) is 0 Å². The third-order valence-corrected chi connectivity index (χ3v) is 3.86. The first-order valence-electron chi connectivity index (χ1n) is 8.24. The van der Waals surface area contributed by atoms with E-state index in [4.69, 9.17) is 5.26 Å². The van der Waals surface area contributed by atoms with Crippen LogP contribution in [0.3, 0.4) is 0 Å². The Morgan fingerprint density at radius 3 is 2.24 bits per heavy atom. The molecule has 0 radical (unpaired) electrons. The van der Waals surface area contributed by atoms with Gasteiger partial charge in [0.05, 0.1) is 11.6 Å². The number of carbonyl (C=O) groups excluding carboxylic acids is 1. The highest BCUT2D eigenvalue weighted by atomic mass is 16.2. The SMILES string of the molecule is Cc1ccc(NC(=O)N(CCN(C)C)Cc2ccc(C#N)cc2)cc1.